The van der Waals surface area contributed by atoms with Gasteiger partial charge in [0.15, 0.2) is 0 Å². The summed E-state index contributed by atoms with van der Waals surface area (Å²) >= 11 is 0. The smallest absolute Gasteiger partial charge is 0.131 e. The minimum atomic E-state index is 1.03. The van der Waals surface area contributed by atoms with Gasteiger partial charge >= 0.3 is 0 Å². The van der Waals surface area contributed by atoms with Crippen molar-refractivity contribution < 1.29 is 0 Å². The Bertz CT molecular complexity index is 358. The van der Waals surface area contributed by atoms with Gasteiger partial charge in [-0.3, -0.25) is 0 Å². The van der Waals surface area contributed by atoms with Crippen LogP contribution in [0.2, 0.25) is 0 Å². The topological polar surface area (TPSA) is 40.2 Å². The average molecular weight is 234 g/mol. The first-order valence-corrected chi connectivity index (χ1v) is 6.62. The van der Waals surface area contributed by atoms with Gasteiger partial charge in [-0.25, -0.2) is 4.98 Å². The Morgan fingerprint density at radius 3 is 2.71 bits per heavy atom. The Morgan fingerprint density at radius 2 is 1.94 bits per heavy atom. The van der Waals surface area contributed by atoms with Gasteiger partial charge < -0.3 is 15.5 Å². The molecule has 1 saturated heterocycles. The largest absolute Gasteiger partial charge is 0.369 e. The van der Waals surface area contributed by atoms with Crippen LogP contribution in [0.3, 0.4) is 0 Å². The molecule has 2 N–H and O–H groups in total. The molecule has 94 valence electrons. The molecule has 1 aromatic rings. The third kappa shape index (κ3) is 2.52. The summed E-state index contributed by atoms with van der Waals surface area (Å²) in [6.45, 7) is 9.42. The highest BCUT2D eigenvalue weighted by molar-refractivity contribution is 5.65. The monoisotopic (exact) mass is 234 g/mol. The van der Waals surface area contributed by atoms with Gasteiger partial charge in [-0.05, 0) is 12.5 Å². The van der Waals surface area contributed by atoms with Crippen LogP contribution in [0, 0.1) is 0 Å². The summed E-state index contributed by atoms with van der Waals surface area (Å²) in [4.78, 5) is 6.82. The first kappa shape index (κ1) is 12.2. The van der Waals surface area contributed by atoms with Gasteiger partial charge in [0.25, 0.3) is 0 Å². The van der Waals surface area contributed by atoms with Crippen molar-refractivity contribution in [3.63, 3.8) is 0 Å². The fourth-order valence-corrected chi connectivity index (χ4v) is 2.39. The van der Waals surface area contributed by atoms with Crippen LogP contribution in [0.15, 0.2) is 12.3 Å². The number of piperazine rings is 1. The van der Waals surface area contributed by atoms with E-state index in [4.69, 9.17) is 0 Å². The van der Waals surface area contributed by atoms with Crippen LogP contribution in [0.1, 0.15) is 19.4 Å². The predicted octanol–water partition coefficient (Wildman–Crippen LogP) is 1.49. The van der Waals surface area contributed by atoms with E-state index >= 15 is 0 Å². The highest BCUT2D eigenvalue weighted by atomic mass is 15.2. The lowest BCUT2D eigenvalue weighted by molar-refractivity contribution is 0.588. The Kier molecular flexibility index (Phi) is 4.20. The molecule has 4 nitrogen and oxygen atoms in total. The van der Waals surface area contributed by atoms with Crippen LogP contribution in [-0.2, 0) is 6.42 Å². The Labute approximate surface area is 103 Å². The molecule has 0 spiro atoms. The molecule has 0 bridgehead atoms. The number of fused-ring (bicyclic) bond motifs is 1. The SMILES string of the molecule is CC.c1cc(N2CCNCC2)c2c(n1)NCC2. The summed E-state index contributed by atoms with van der Waals surface area (Å²) in [7, 11) is 0. The Balaban J connectivity index is 0.000000514. The van der Waals surface area contributed by atoms with Gasteiger partial charge in [0.05, 0.1) is 0 Å². The molecule has 0 aliphatic carbocycles. The van der Waals surface area contributed by atoms with E-state index in [9.17, 15) is 0 Å². The number of nitrogens with one attached hydrogen (secondary N) is 2. The molecule has 2 aliphatic rings. The summed E-state index contributed by atoms with van der Waals surface area (Å²) in [5, 5.41) is 6.71. The van der Waals surface area contributed by atoms with Gasteiger partial charge in [0.2, 0.25) is 0 Å². The third-order valence-electron chi connectivity index (χ3n) is 3.16. The number of rotatable bonds is 1. The fraction of sp³-hybridized carbons (Fsp3) is 0.615. The van der Waals surface area contributed by atoms with Crippen LogP contribution < -0.4 is 15.5 Å². The summed E-state index contributed by atoms with van der Waals surface area (Å²) in [6.07, 6.45) is 3.02. The minimum Gasteiger partial charge on any atom is -0.369 e. The lowest BCUT2D eigenvalue weighted by Crippen LogP contribution is -2.43. The molecule has 0 atom stereocenters. The average Bonchev–Trinajstić information content (AvgIpc) is 2.90. The Hall–Kier alpha value is -1.29. The molecule has 0 amide bonds. The third-order valence-corrected chi connectivity index (χ3v) is 3.16. The highest BCUT2D eigenvalue weighted by Crippen LogP contribution is 2.29. The van der Waals surface area contributed by atoms with E-state index < -0.39 is 0 Å². The van der Waals surface area contributed by atoms with Gasteiger partial charge in [0.1, 0.15) is 5.82 Å². The van der Waals surface area contributed by atoms with Gasteiger partial charge in [-0.1, -0.05) is 13.8 Å². The zero-order chi connectivity index (χ0) is 12.1. The first-order chi connectivity index (χ1) is 8.45. The summed E-state index contributed by atoms with van der Waals surface area (Å²) in [6, 6.07) is 2.15. The van der Waals surface area contributed by atoms with E-state index in [2.05, 4.69) is 26.6 Å². The van der Waals surface area contributed by atoms with Crippen molar-refractivity contribution in [2.24, 2.45) is 0 Å². The molecule has 0 radical (unpaired) electrons. The Morgan fingerprint density at radius 1 is 1.18 bits per heavy atom. The number of hydrogen-bond acceptors (Lipinski definition) is 4. The van der Waals surface area contributed by atoms with Crippen LogP contribution >= 0.6 is 0 Å². The molecule has 1 fully saturated rings. The second-order valence-electron chi connectivity index (χ2n) is 4.07. The van der Waals surface area contributed by atoms with Crippen molar-refractivity contribution in [2.75, 3.05) is 42.9 Å². The molecule has 0 saturated carbocycles. The van der Waals surface area contributed by atoms with Crippen molar-refractivity contribution in [3.05, 3.63) is 17.8 Å². The second kappa shape index (κ2) is 5.87. The molecule has 3 heterocycles. The van der Waals surface area contributed by atoms with E-state index in [1.165, 1.54) is 11.3 Å². The minimum absolute atomic E-state index is 1.03. The molecule has 2 aliphatic heterocycles. The van der Waals surface area contributed by atoms with E-state index in [0.717, 1.165) is 45.0 Å². The number of aromatic nitrogens is 1. The molecule has 0 aromatic carbocycles. The quantitative estimate of drug-likeness (QED) is 0.772. The van der Waals surface area contributed by atoms with Crippen molar-refractivity contribution in [1.29, 1.82) is 0 Å². The van der Waals surface area contributed by atoms with Gasteiger partial charge in [-0.2, -0.15) is 0 Å². The predicted molar refractivity (Wildman–Crippen MR) is 72.9 cm³/mol. The second-order valence-corrected chi connectivity index (χ2v) is 4.07. The number of hydrogen-bond donors (Lipinski definition) is 2. The lowest BCUT2D eigenvalue weighted by Gasteiger charge is -2.30. The molecular weight excluding hydrogens is 212 g/mol. The fourth-order valence-electron chi connectivity index (χ4n) is 2.39. The van der Waals surface area contributed by atoms with Crippen molar-refractivity contribution in [2.45, 2.75) is 20.3 Å². The first-order valence-electron chi connectivity index (χ1n) is 6.62. The number of pyridine rings is 1. The van der Waals surface area contributed by atoms with Crippen LogP contribution in [0.5, 0.6) is 0 Å². The summed E-state index contributed by atoms with van der Waals surface area (Å²) in [5.41, 5.74) is 2.78. The number of anilines is 2. The maximum atomic E-state index is 4.36. The molecule has 17 heavy (non-hydrogen) atoms. The zero-order valence-electron chi connectivity index (χ0n) is 10.8. The maximum Gasteiger partial charge on any atom is 0.131 e. The van der Waals surface area contributed by atoms with Crippen LogP contribution in [0.25, 0.3) is 0 Å². The number of nitrogens with zero attached hydrogens (tertiary/aromatic N) is 2. The van der Waals surface area contributed by atoms with E-state index in [1.807, 2.05) is 20.0 Å². The standard InChI is InChI=1S/C11H16N4.C2H6/c1-3-13-11-9(1)10(2-4-14-11)15-7-5-12-6-8-15;1-2/h2,4,12H,1,3,5-8H2,(H,13,14);1-2H3. The lowest BCUT2D eigenvalue weighted by atomic mass is 10.1. The molecule has 3 rings (SSSR count). The molecule has 0 unspecified atom stereocenters. The van der Waals surface area contributed by atoms with Crippen LogP contribution in [0.4, 0.5) is 11.5 Å². The highest BCUT2D eigenvalue weighted by Gasteiger charge is 2.20. The van der Waals surface area contributed by atoms with Gasteiger partial charge in [-0.15, -0.1) is 0 Å². The van der Waals surface area contributed by atoms with E-state index in [0.29, 0.717) is 0 Å². The van der Waals surface area contributed by atoms with Gasteiger partial charge in [0, 0.05) is 50.2 Å². The van der Waals surface area contributed by atoms with E-state index in [1.54, 1.807) is 0 Å². The summed E-state index contributed by atoms with van der Waals surface area (Å²) < 4.78 is 0. The van der Waals surface area contributed by atoms with Crippen molar-refractivity contribution >= 4 is 11.5 Å². The van der Waals surface area contributed by atoms with Crippen LogP contribution in [-0.4, -0.2) is 37.7 Å². The zero-order valence-corrected chi connectivity index (χ0v) is 10.8. The molecule has 1 aromatic heterocycles. The molecular formula is C13H22N4. The summed E-state index contributed by atoms with van der Waals surface area (Å²) in [5.74, 6) is 1.09. The molecule has 4 heteroatoms. The van der Waals surface area contributed by atoms with Crippen molar-refractivity contribution in [3.8, 4) is 0 Å². The van der Waals surface area contributed by atoms with Crippen molar-refractivity contribution in [1.82, 2.24) is 10.3 Å². The van der Waals surface area contributed by atoms with E-state index in [-0.39, 0.29) is 0 Å². The maximum absolute atomic E-state index is 4.36. The normalized spacial score (nSPS) is 17.9.